The summed E-state index contributed by atoms with van der Waals surface area (Å²) in [6.45, 7) is -0.0975. The number of benzene rings is 2. The van der Waals surface area contributed by atoms with E-state index in [-0.39, 0.29) is 18.6 Å². The van der Waals surface area contributed by atoms with E-state index in [1.165, 1.54) is 0 Å². The molecule has 4 nitrogen and oxygen atoms in total. The number of H-pyrrole nitrogens is 1. The number of hydrogen-bond donors (Lipinski definition) is 3. The van der Waals surface area contributed by atoms with E-state index in [1.54, 1.807) is 0 Å². The largest absolute Gasteiger partial charge is 0.390 e. The molecule has 1 aliphatic rings. The van der Waals surface area contributed by atoms with Crippen molar-refractivity contribution < 1.29 is 9.90 Å². The van der Waals surface area contributed by atoms with Crippen LogP contribution in [0.2, 0.25) is 0 Å². The Morgan fingerprint density at radius 2 is 2.00 bits per heavy atom. The fourth-order valence-electron chi connectivity index (χ4n) is 3.17. The molecule has 0 aliphatic carbocycles. The number of aliphatic hydroxyl groups is 1. The second kappa shape index (κ2) is 4.97. The summed E-state index contributed by atoms with van der Waals surface area (Å²) in [5.74, 6) is -0.0818. The molecule has 0 spiro atoms. The van der Waals surface area contributed by atoms with Crippen molar-refractivity contribution in [2.24, 2.45) is 0 Å². The van der Waals surface area contributed by atoms with Crippen molar-refractivity contribution in [1.82, 2.24) is 10.3 Å². The molecule has 3 N–H and O–H groups in total. The minimum absolute atomic E-state index is 0.0818. The van der Waals surface area contributed by atoms with E-state index in [4.69, 9.17) is 0 Å². The predicted molar refractivity (Wildman–Crippen MR) is 87.7 cm³/mol. The van der Waals surface area contributed by atoms with Gasteiger partial charge in [0.15, 0.2) is 0 Å². The third-order valence-electron chi connectivity index (χ3n) is 4.12. The molecule has 0 bridgehead atoms. The number of aromatic amines is 1. The molecule has 0 radical (unpaired) electrons. The molecule has 1 aliphatic heterocycles. The van der Waals surface area contributed by atoms with Crippen LogP contribution in [-0.2, 0) is 6.61 Å². The summed E-state index contributed by atoms with van der Waals surface area (Å²) >= 11 is 3.46. The Balaban J connectivity index is 1.98. The minimum atomic E-state index is -0.252. The van der Waals surface area contributed by atoms with Crippen molar-refractivity contribution in [2.75, 3.05) is 0 Å². The van der Waals surface area contributed by atoms with Crippen molar-refractivity contribution in [1.29, 1.82) is 0 Å². The number of rotatable bonds is 2. The number of carbonyl (C=O) groups is 1. The summed E-state index contributed by atoms with van der Waals surface area (Å²) < 4.78 is 0.929. The molecular formula is C17H13BrN2O2. The molecule has 2 aromatic carbocycles. The smallest absolute Gasteiger partial charge is 0.252 e. The second-order valence-corrected chi connectivity index (χ2v) is 6.27. The summed E-state index contributed by atoms with van der Waals surface area (Å²) in [6, 6.07) is 13.3. The first-order valence-electron chi connectivity index (χ1n) is 6.99. The van der Waals surface area contributed by atoms with Gasteiger partial charge in [-0.05, 0) is 29.8 Å². The van der Waals surface area contributed by atoms with E-state index in [2.05, 4.69) is 26.2 Å². The fourth-order valence-corrected chi connectivity index (χ4v) is 3.55. The normalized spacial score (nSPS) is 16.8. The first-order valence-corrected chi connectivity index (χ1v) is 7.79. The summed E-state index contributed by atoms with van der Waals surface area (Å²) in [4.78, 5) is 15.5. The lowest BCUT2D eigenvalue weighted by molar-refractivity contribution is 0.0960. The molecule has 3 aromatic rings. The first kappa shape index (κ1) is 13.5. The number of amides is 1. The molecule has 1 amide bonds. The Bertz CT molecular complexity index is 901. The maximum absolute atomic E-state index is 12.2. The molecule has 110 valence electrons. The SMILES string of the molecule is O=C1NC(c2c(CO)[nH]c3ccccc23)c2cc(Br)ccc21. The molecule has 1 atom stereocenters. The van der Waals surface area contributed by atoms with Crippen LogP contribution < -0.4 is 5.32 Å². The van der Waals surface area contributed by atoms with Crippen LogP contribution in [0.25, 0.3) is 10.9 Å². The van der Waals surface area contributed by atoms with Crippen LogP contribution in [0, 0.1) is 0 Å². The van der Waals surface area contributed by atoms with E-state index in [9.17, 15) is 9.90 Å². The zero-order valence-electron chi connectivity index (χ0n) is 11.6. The molecule has 0 saturated heterocycles. The Morgan fingerprint density at radius 3 is 2.82 bits per heavy atom. The number of para-hydroxylation sites is 1. The van der Waals surface area contributed by atoms with E-state index >= 15 is 0 Å². The Hall–Kier alpha value is -2.11. The summed E-state index contributed by atoms with van der Waals surface area (Å²) in [5, 5.41) is 13.7. The standard InChI is InChI=1S/C17H13BrN2O2/c18-9-5-6-10-12(7-9)16(20-17(10)22)15-11-3-1-2-4-13(11)19-14(15)8-21/h1-7,16,19,21H,8H2,(H,20,22). The quantitative estimate of drug-likeness (QED) is 0.659. The van der Waals surface area contributed by atoms with Crippen LogP contribution in [-0.4, -0.2) is 16.0 Å². The molecule has 22 heavy (non-hydrogen) atoms. The maximum Gasteiger partial charge on any atom is 0.252 e. The van der Waals surface area contributed by atoms with Gasteiger partial charge < -0.3 is 15.4 Å². The van der Waals surface area contributed by atoms with E-state index < -0.39 is 0 Å². The van der Waals surface area contributed by atoms with Gasteiger partial charge in [-0.1, -0.05) is 34.1 Å². The van der Waals surface area contributed by atoms with Crippen molar-refractivity contribution in [3.05, 3.63) is 69.3 Å². The van der Waals surface area contributed by atoms with Crippen LogP contribution in [0.15, 0.2) is 46.9 Å². The molecule has 5 heteroatoms. The van der Waals surface area contributed by atoms with Gasteiger partial charge in [0.1, 0.15) is 0 Å². The third kappa shape index (κ3) is 1.90. The number of carbonyl (C=O) groups excluding carboxylic acids is 1. The fraction of sp³-hybridized carbons (Fsp3) is 0.118. The number of fused-ring (bicyclic) bond motifs is 2. The predicted octanol–water partition coefficient (Wildman–Crippen LogP) is 3.26. The highest BCUT2D eigenvalue weighted by Crippen LogP contribution is 2.38. The average molecular weight is 357 g/mol. The maximum atomic E-state index is 12.2. The van der Waals surface area contributed by atoms with Crippen LogP contribution in [0.1, 0.15) is 33.2 Å². The highest BCUT2D eigenvalue weighted by Gasteiger charge is 2.33. The first-order chi connectivity index (χ1) is 10.7. The Kier molecular flexibility index (Phi) is 3.06. The van der Waals surface area contributed by atoms with Gasteiger partial charge in [0, 0.05) is 32.2 Å². The Labute approximate surface area is 135 Å². The van der Waals surface area contributed by atoms with Gasteiger partial charge in [-0.15, -0.1) is 0 Å². The van der Waals surface area contributed by atoms with E-state index in [1.807, 2.05) is 42.5 Å². The van der Waals surface area contributed by atoms with Crippen LogP contribution in [0.4, 0.5) is 0 Å². The van der Waals surface area contributed by atoms with Gasteiger partial charge in [-0.2, -0.15) is 0 Å². The third-order valence-corrected chi connectivity index (χ3v) is 4.61. The molecule has 2 heterocycles. The lowest BCUT2D eigenvalue weighted by Gasteiger charge is -2.13. The second-order valence-electron chi connectivity index (χ2n) is 5.36. The molecule has 1 unspecified atom stereocenters. The van der Waals surface area contributed by atoms with Gasteiger partial charge in [0.05, 0.1) is 12.6 Å². The Morgan fingerprint density at radius 1 is 1.18 bits per heavy atom. The minimum Gasteiger partial charge on any atom is -0.390 e. The average Bonchev–Trinajstić information content (AvgIpc) is 3.04. The zero-order valence-corrected chi connectivity index (χ0v) is 13.1. The molecule has 1 aromatic heterocycles. The number of halogens is 1. The summed E-state index contributed by atoms with van der Waals surface area (Å²) in [6.07, 6.45) is 0. The van der Waals surface area contributed by atoms with Gasteiger partial charge in [0.2, 0.25) is 0 Å². The molecule has 0 fully saturated rings. The monoisotopic (exact) mass is 356 g/mol. The van der Waals surface area contributed by atoms with Gasteiger partial charge in [0.25, 0.3) is 5.91 Å². The van der Waals surface area contributed by atoms with E-state index in [0.29, 0.717) is 5.56 Å². The summed E-state index contributed by atoms with van der Waals surface area (Å²) in [7, 11) is 0. The molecule has 4 rings (SSSR count). The van der Waals surface area contributed by atoms with Crippen LogP contribution >= 0.6 is 15.9 Å². The highest BCUT2D eigenvalue weighted by atomic mass is 79.9. The molecular weight excluding hydrogens is 344 g/mol. The lowest BCUT2D eigenvalue weighted by Crippen LogP contribution is -2.20. The number of nitrogens with one attached hydrogen (secondary N) is 2. The van der Waals surface area contributed by atoms with Gasteiger partial charge in [-0.3, -0.25) is 4.79 Å². The topological polar surface area (TPSA) is 65.1 Å². The van der Waals surface area contributed by atoms with Crippen molar-refractivity contribution >= 4 is 32.7 Å². The van der Waals surface area contributed by atoms with Crippen molar-refractivity contribution in [2.45, 2.75) is 12.6 Å². The number of aromatic nitrogens is 1. The van der Waals surface area contributed by atoms with Crippen LogP contribution in [0.3, 0.4) is 0 Å². The van der Waals surface area contributed by atoms with E-state index in [0.717, 1.165) is 32.2 Å². The zero-order chi connectivity index (χ0) is 15.3. The number of hydrogen-bond acceptors (Lipinski definition) is 2. The lowest BCUT2D eigenvalue weighted by atomic mass is 9.96. The van der Waals surface area contributed by atoms with Crippen molar-refractivity contribution in [3.63, 3.8) is 0 Å². The molecule has 0 saturated carbocycles. The number of aliphatic hydroxyl groups excluding tert-OH is 1. The summed E-state index contributed by atoms with van der Waals surface area (Å²) in [5.41, 5.74) is 4.24. The van der Waals surface area contributed by atoms with Crippen LogP contribution in [0.5, 0.6) is 0 Å². The highest BCUT2D eigenvalue weighted by molar-refractivity contribution is 9.10. The van der Waals surface area contributed by atoms with Crippen molar-refractivity contribution in [3.8, 4) is 0 Å². The van der Waals surface area contributed by atoms with Gasteiger partial charge in [-0.25, -0.2) is 0 Å². The van der Waals surface area contributed by atoms with Gasteiger partial charge >= 0.3 is 0 Å².